The third kappa shape index (κ3) is 4.45. The summed E-state index contributed by atoms with van der Waals surface area (Å²) in [6.07, 6.45) is 12.6. The molecule has 1 N–H and O–H groups in total. The standard InChI is InChI=1S/C19H38N2/c1-5-7-11-17(6-2)14-21-16-19(12-9-8-10-13-19)20-15-18(21,3)4/h17,20H,5-16H2,1-4H3. The van der Waals surface area contributed by atoms with Crippen LogP contribution in [0.3, 0.4) is 0 Å². The molecular formula is C19H38N2. The molecule has 1 heterocycles. The van der Waals surface area contributed by atoms with Gasteiger partial charge in [0.15, 0.2) is 0 Å². The van der Waals surface area contributed by atoms with Gasteiger partial charge in [-0.3, -0.25) is 4.90 Å². The quantitative estimate of drug-likeness (QED) is 0.771. The highest BCUT2D eigenvalue weighted by atomic mass is 15.3. The molecule has 1 saturated heterocycles. The Labute approximate surface area is 133 Å². The van der Waals surface area contributed by atoms with Crippen LogP contribution in [0.1, 0.15) is 85.5 Å². The molecule has 0 bridgehead atoms. The van der Waals surface area contributed by atoms with E-state index in [1.165, 1.54) is 70.9 Å². The minimum atomic E-state index is 0.322. The lowest BCUT2D eigenvalue weighted by molar-refractivity contribution is -0.000856. The molecule has 1 saturated carbocycles. The fraction of sp³-hybridized carbons (Fsp3) is 1.00. The van der Waals surface area contributed by atoms with E-state index in [2.05, 4.69) is 37.9 Å². The molecule has 1 aliphatic heterocycles. The van der Waals surface area contributed by atoms with Crippen molar-refractivity contribution >= 4 is 0 Å². The molecular weight excluding hydrogens is 256 g/mol. The molecule has 2 aliphatic rings. The monoisotopic (exact) mass is 294 g/mol. The van der Waals surface area contributed by atoms with Crippen molar-refractivity contribution < 1.29 is 0 Å². The Balaban J connectivity index is 1.99. The number of hydrogen-bond donors (Lipinski definition) is 1. The molecule has 1 atom stereocenters. The van der Waals surface area contributed by atoms with Gasteiger partial charge in [-0.15, -0.1) is 0 Å². The Kier molecular flexibility index (Phi) is 6.14. The minimum absolute atomic E-state index is 0.322. The van der Waals surface area contributed by atoms with Gasteiger partial charge in [-0.25, -0.2) is 0 Å². The van der Waals surface area contributed by atoms with Crippen LogP contribution in [0.2, 0.25) is 0 Å². The van der Waals surface area contributed by atoms with Crippen LogP contribution in [0.5, 0.6) is 0 Å². The maximum absolute atomic E-state index is 3.95. The Hall–Kier alpha value is -0.0800. The molecule has 1 spiro atoms. The lowest BCUT2D eigenvalue weighted by Gasteiger charge is -2.54. The van der Waals surface area contributed by atoms with E-state index in [4.69, 9.17) is 0 Å². The zero-order chi connectivity index (χ0) is 15.3. The van der Waals surface area contributed by atoms with Crippen molar-refractivity contribution in [2.75, 3.05) is 19.6 Å². The second-order valence-electron chi connectivity index (χ2n) is 8.30. The van der Waals surface area contributed by atoms with Gasteiger partial charge in [0.2, 0.25) is 0 Å². The second kappa shape index (κ2) is 7.46. The van der Waals surface area contributed by atoms with Gasteiger partial charge in [0.05, 0.1) is 0 Å². The fourth-order valence-corrected chi connectivity index (χ4v) is 4.25. The predicted molar refractivity (Wildman–Crippen MR) is 92.8 cm³/mol. The van der Waals surface area contributed by atoms with Crippen LogP contribution in [-0.2, 0) is 0 Å². The number of unbranched alkanes of at least 4 members (excludes halogenated alkanes) is 1. The molecule has 2 nitrogen and oxygen atoms in total. The predicted octanol–water partition coefficient (Wildman–Crippen LogP) is 4.59. The molecule has 2 fully saturated rings. The van der Waals surface area contributed by atoms with Gasteiger partial charge in [-0.2, -0.15) is 0 Å². The first-order chi connectivity index (χ1) is 10.0. The van der Waals surface area contributed by atoms with Gasteiger partial charge in [0.1, 0.15) is 0 Å². The van der Waals surface area contributed by atoms with Crippen LogP contribution in [0.15, 0.2) is 0 Å². The number of rotatable bonds is 6. The summed E-state index contributed by atoms with van der Waals surface area (Å²) >= 11 is 0. The van der Waals surface area contributed by atoms with Crippen LogP contribution in [-0.4, -0.2) is 35.6 Å². The summed E-state index contributed by atoms with van der Waals surface area (Å²) in [5.74, 6) is 0.892. The number of hydrogen-bond acceptors (Lipinski definition) is 2. The van der Waals surface area contributed by atoms with Gasteiger partial charge in [0, 0.05) is 30.7 Å². The zero-order valence-corrected chi connectivity index (χ0v) is 15.0. The Morgan fingerprint density at radius 1 is 1.10 bits per heavy atom. The third-order valence-corrected chi connectivity index (χ3v) is 6.08. The number of nitrogens with one attached hydrogen (secondary N) is 1. The highest BCUT2D eigenvalue weighted by Gasteiger charge is 2.43. The highest BCUT2D eigenvalue weighted by Crippen LogP contribution is 2.35. The van der Waals surface area contributed by atoms with Crippen molar-refractivity contribution in [3.05, 3.63) is 0 Å². The van der Waals surface area contributed by atoms with Crippen LogP contribution in [0, 0.1) is 5.92 Å². The highest BCUT2D eigenvalue weighted by molar-refractivity contribution is 5.03. The summed E-state index contributed by atoms with van der Waals surface area (Å²) < 4.78 is 0. The van der Waals surface area contributed by atoms with Crippen molar-refractivity contribution in [2.24, 2.45) is 5.92 Å². The van der Waals surface area contributed by atoms with E-state index >= 15 is 0 Å². The topological polar surface area (TPSA) is 15.3 Å². The van der Waals surface area contributed by atoms with Gasteiger partial charge >= 0.3 is 0 Å². The molecule has 2 heteroatoms. The summed E-state index contributed by atoms with van der Waals surface area (Å²) in [5, 5.41) is 3.95. The molecule has 0 amide bonds. The average molecular weight is 295 g/mol. The summed E-state index contributed by atoms with van der Waals surface area (Å²) in [6.45, 7) is 13.3. The Bertz CT molecular complexity index is 305. The second-order valence-corrected chi connectivity index (χ2v) is 8.30. The Morgan fingerprint density at radius 3 is 2.43 bits per heavy atom. The van der Waals surface area contributed by atoms with E-state index in [1.807, 2.05) is 0 Å². The molecule has 0 aromatic heterocycles. The first-order valence-corrected chi connectivity index (χ1v) is 9.51. The van der Waals surface area contributed by atoms with E-state index < -0.39 is 0 Å². The molecule has 21 heavy (non-hydrogen) atoms. The van der Waals surface area contributed by atoms with Crippen molar-refractivity contribution in [3.63, 3.8) is 0 Å². The summed E-state index contributed by atoms with van der Waals surface area (Å²) in [7, 11) is 0. The van der Waals surface area contributed by atoms with Crippen LogP contribution < -0.4 is 5.32 Å². The summed E-state index contributed by atoms with van der Waals surface area (Å²) in [5.41, 5.74) is 0.763. The first-order valence-electron chi connectivity index (χ1n) is 9.51. The van der Waals surface area contributed by atoms with E-state index in [9.17, 15) is 0 Å². The van der Waals surface area contributed by atoms with Crippen LogP contribution in [0.25, 0.3) is 0 Å². The van der Waals surface area contributed by atoms with Crippen molar-refractivity contribution in [1.82, 2.24) is 10.2 Å². The minimum Gasteiger partial charge on any atom is -0.308 e. The number of nitrogens with zero attached hydrogens (tertiary/aromatic N) is 1. The molecule has 0 radical (unpaired) electrons. The maximum Gasteiger partial charge on any atom is 0.0309 e. The van der Waals surface area contributed by atoms with Crippen LogP contribution in [0.4, 0.5) is 0 Å². The van der Waals surface area contributed by atoms with E-state index in [1.54, 1.807) is 0 Å². The fourth-order valence-electron chi connectivity index (χ4n) is 4.25. The van der Waals surface area contributed by atoms with E-state index in [0.29, 0.717) is 11.1 Å². The number of piperazine rings is 1. The Morgan fingerprint density at radius 2 is 1.81 bits per heavy atom. The lowest BCUT2D eigenvalue weighted by Crippen LogP contribution is -2.69. The normalized spacial score (nSPS) is 26.9. The van der Waals surface area contributed by atoms with E-state index in [0.717, 1.165) is 12.5 Å². The van der Waals surface area contributed by atoms with Crippen molar-refractivity contribution in [3.8, 4) is 0 Å². The van der Waals surface area contributed by atoms with E-state index in [-0.39, 0.29) is 0 Å². The SMILES string of the molecule is CCCCC(CC)CN1CC2(CCCCC2)NCC1(C)C. The van der Waals surface area contributed by atoms with Gasteiger partial charge < -0.3 is 5.32 Å². The smallest absolute Gasteiger partial charge is 0.0309 e. The maximum atomic E-state index is 3.95. The van der Waals surface area contributed by atoms with Gasteiger partial charge in [-0.1, -0.05) is 52.4 Å². The van der Waals surface area contributed by atoms with Gasteiger partial charge in [0.25, 0.3) is 0 Å². The zero-order valence-electron chi connectivity index (χ0n) is 15.0. The first kappa shape index (κ1) is 17.3. The summed E-state index contributed by atoms with van der Waals surface area (Å²) in [4.78, 5) is 2.83. The molecule has 1 aliphatic carbocycles. The molecule has 2 rings (SSSR count). The average Bonchev–Trinajstić information content (AvgIpc) is 2.48. The molecule has 0 aromatic carbocycles. The van der Waals surface area contributed by atoms with Crippen LogP contribution >= 0.6 is 0 Å². The van der Waals surface area contributed by atoms with Crippen molar-refractivity contribution in [1.29, 1.82) is 0 Å². The van der Waals surface area contributed by atoms with Gasteiger partial charge in [-0.05, 0) is 39.0 Å². The molecule has 0 aromatic rings. The largest absolute Gasteiger partial charge is 0.308 e. The third-order valence-electron chi connectivity index (χ3n) is 6.08. The molecule has 1 unspecified atom stereocenters. The lowest BCUT2D eigenvalue weighted by atomic mass is 9.77. The van der Waals surface area contributed by atoms with Crippen molar-refractivity contribution in [2.45, 2.75) is 96.6 Å². The molecule has 124 valence electrons. The summed E-state index contributed by atoms with van der Waals surface area (Å²) in [6, 6.07) is 0.